The molecule has 1 amide bonds. The fraction of sp³-hybridized carbons (Fsp3) is 0.417. The summed E-state index contributed by atoms with van der Waals surface area (Å²) in [5, 5.41) is 9.87. The van der Waals surface area contributed by atoms with Crippen LogP contribution in [0.3, 0.4) is 0 Å². The second kappa shape index (κ2) is 6.47. The minimum Gasteiger partial charge on any atom is -0.308 e. The molecule has 1 rings (SSSR count). The Morgan fingerprint density at radius 2 is 2.21 bits per heavy atom. The van der Waals surface area contributed by atoms with E-state index in [1.54, 1.807) is 0 Å². The number of anilines is 1. The molecule has 0 spiro atoms. The molecule has 0 N–H and O–H groups in total. The smallest absolute Gasteiger partial charge is 0.271 e. The zero-order chi connectivity index (χ0) is 14.6. The summed E-state index contributed by atoms with van der Waals surface area (Å²) in [6.07, 6.45) is 0.581. The van der Waals surface area contributed by atoms with Gasteiger partial charge in [0.2, 0.25) is 5.91 Å². The lowest BCUT2D eigenvalue weighted by Crippen LogP contribution is -2.37. The van der Waals surface area contributed by atoms with Crippen molar-refractivity contribution in [2.75, 3.05) is 11.4 Å². The van der Waals surface area contributed by atoms with Crippen molar-refractivity contribution < 1.29 is 14.1 Å². The van der Waals surface area contributed by atoms with Crippen LogP contribution in [0.15, 0.2) is 18.2 Å². The standard InChI is InChI=1S/C12H14ClFN2O3/c1-3-6-15(12(17)8(2)13)11-7-9(16(18)19)4-5-10(11)14/h4-5,7-8H,3,6H2,1-2H3. The monoisotopic (exact) mass is 288 g/mol. The van der Waals surface area contributed by atoms with Gasteiger partial charge in [-0.1, -0.05) is 6.92 Å². The molecule has 0 saturated carbocycles. The first-order valence-corrected chi connectivity index (χ1v) is 6.21. The Kier molecular flexibility index (Phi) is 5.23. The van der Waals surface area contributed by atoms with Crippen LogP contribution in [-0.2, 0) is 4.79 Å². The highest BCUT2D eigenvalue weighted by atomic mass is 35.5. The van der Waals surface area contributed by atoms with E-state index < -0.39 is 22.0 Å². The molecular weight excluding hydrogens is 275 g/mol. The lowest BCUT2D eigenvalue weighted by atomic mass is 10.2. The minimum absolute atomic E-state index is 0.117. The quantitative estimate of drug-likeness (QED) is 0.475. The van der Waals surface area contributed by atoms with Crippen molar-refractivity contribution >= 4 is 28.9 Å². The second-order valence-electron chi connectivity index (χ2n) is 4.00. The lowest BCUT2D eigenvalue weighted by molar-refractivity contribution is -0.384. The van der Waals surface area contributed by atoms with Gasteiger partial charge in [0.15, 0.2) is 0 Å². The number of halogens is 2. The molecule has 0 heterocycles. The van der Waals surface area contributed by atoms with Gasteiger partial charge in [-0.3, -0.25) is 14.9 Å². The normalized spacial score (nSPS) is 12.0. The SMILES string of the molecule is CCCN(C(=O)C(C)Cl)c1cc([N+](=O)[O-])ccc1F. The molecule has 0 aliphatic heterocycles. The van der Waals surface area contributed by atoms with E-state index in [0.29, 0.717) is 6.42 Å². The van der Waals surface area contributed by atoms with Crippen molar-refractivity contribution in [1.82, 2.24) is 0 Å². The van der Waals surface area contributed by atoms with Crippen molar-refractivity contribution in [3.63, 3.8) is 0 Å². The number of hydrogen-bond acceptors (Lipinski definition) is 3. The first kappa shape index (κ1) is 15.4. The number of benzene rings is 1. The number of carbonyl (C=O) groups excluding carboxylic acids is 1. The number of non-ortho nitro benzene ring substituents is 1. The number of nitro groups is 1. The molecule has 104 valence electrons. The van der Waals surface area contributed by atoms with Crippen LogP contribution in [0, 0.1) is 15.9 Å². The van der Waals surface area contributed by atoms with Crippen LogP contribution in [0.25, 0.3) is 0 Å². The summed E-state index contributed by atoms with van der Waals surface area (Å²) in [6, 6.07) is 3.07. The highest BCUT2D eigenvalue weighted by Gasteiger charge is 2.24. The molecule has 0 radical (unpaired) electrons. The van der Waals surface area contributed by atoms with Gasteiger partial charge in [-0.15, -0.1) is 11.6 Å². The highest BCUT2D eigenvalue weighted by Crippen LogP contribution is 2.26. The Bertz CT molecular complexity index is 494. The zero-order valence-electron chi connectivity index (χ0n) is 10.6. The van der Waals surface area contributed by atoms with Gasteiger partial charge >= 0.3 is 0 Å². The summed E-state index contributed by atoms with van der Waals surface area (Å²) in [5.74, 6) is -1.17. The molecular formula is C12H14ClFN2O3. The molecule has 0 saturated heterocycles. The summed E-state index contributed by atoms with van der Waals surface area (Å²) in [6.45, 7) is 3.53. The van der Waals surface area contributed by atoms with E-state index in [2.05, 4.69) is 0 Å². The molecule has 0 bridgehead atoms. The number of amides is 1. The second-order valence-corrected chi connectivity index (χ2v) is 4.65. The molecule has 1 aromatic carbocycles. The maximum Gasteiger partial charge on any atom is 0.271 e. The minimum atomic E-state index is -0.829. The number of carbonyl (C=O) groups is 1. The van der Waals surface area contributed by atoms with Crippen LogP contribution in [0.5, 0.6) is 0 Å². The maximum absolute atomic E-state index is 13.8. The Morgan fingerprint density at radius 1 is 1.58 bits per heavy atom. The van der Waals surface area contributed by atoms with Crippen LogP contribution < -0.4 is 4.90 Å². The Balaban J connectivity index is 3.25. The van der Waals surface area contributed by atoms with Gasteiger partial charge < -0.3 is 4.90 Å². The van der Waals surface area contributed by atoms with Crippen molar-refractivity contribution in [1.29, 1.82) is 0 Å². The molecule has 0 fully saturated rings. The van der Waals surface area contributed by atoms with Crippen LogP contribution in [-0.4, -0.2) is 22.8 Å². The van der Waals surface area contributed by atoms with Gasteiger partial charge in [-0.25, -0.2) is 4.39 Å². The van der Waals surface area contributed by atoms with Gasteiger partial charge in [0.25, 0.3) is 5.69 Å². The molecule has 5 nitrogen and oxygen atoms in total. The first-order chi connectivity index (χ1) is 8.88. The van der Waals surface area contributed by atoms with Crippen LogP contribution in [0.1, 0.15) is 20.3 Å². The van der Waals surface area contributed by atoms with E-state index in [1.165, 1.54) is 6.92 Å². The van der Waals surface area contributed by atoms with E-state index in [1.807, 2.05) is 6.92 Å². The van der Waals surface area contributed by atoms with Crippen molar-refractivity contribution in [3.8, 4) is 0 Å². The average molecular weight is 289 g/mol. The topological polar surface area (TPSA) is 63.5 Å². The summed E-state index contributed by atoms with van der Waals surface area (Å²) >= 11 is 5.72. The fourth-order valence-electron chi connectivity index (χ4n) is 1.61. The molecule has 1 atom stereocenters. The number of nitro benzene ring substituents is 1. The van der Waals surface area contributed by atoms with E-state index in [4.69, 9.17) is 11.6 Å². The van der Waals surface area contributed by atoms with Crippen molar-refractivity contribution in [3.05, 3.63) is 34.1 Å². The number of rotatable bonds is 5. The summed E-state index contributed by atoms with van der Waals surface area (Å²) in [7, 11) is 0. The Morgan fingerprint density at radius 3 is 2.68 bits per heavy atom. The maximum atomic E-state index is 13.8. The zero-order valence-corrected chi connectivity index (χ0v) is 11.4. The van der Waals surface area contributed by atoms with E-state index >= 15 is 0 Å². The number of hydrogen-bond donors (Lipinski definition) is 0. The Labute approximate surface area is 115 Å². The summed E-state index contributed by atoms with van der Waals surface area (Å²) < 4.78 is 13.8. The first-order valence-electron chi connectivity index (χ1n) is 5.77. The van der Waals surface area contributed by atoms with Crippen molar-refractivity contribution in [2.45, 2.75) is 25.6 Å². The largest absolute Gasteiger partial charge is 0.308 e. The molecule has 7 heteroatoms. The van der Waals surface area contributed by atoms with E-state index in [0.717, 1.165) is 23.1 Å². The van der Waals surface area contributed by atoms with Crippen LogP contribution in [0.2, 0.25) is 0 Å². The Hall–Kier alpha value is -1.69. The molecule has 0 aliphatic carbocycles. The van der Waals surface area contributed by atoms with Gasteiger partial charge in [0, 0.05) is 18.7 Å². The third-order valence-corrected chi connectivity index (χ3v) is 2.67. The number of nitrogens with zero attached hydrogens (tertiary/aromatic N) is 2. The third kappa shape index (κ3) is 3.64. The fourth-order valence-corrected chi connectivity index (χ4v) is 1.73. The van der Waals surface area contributed by atoms with E-state index in [9.17, 15) is 19.3 Å². The van der Waals surface area contributed by atoms with E-state index in [-0.39, 0.29) is 17.9 Å². The lowest BCUT2D eigenvalue weighted by Gasteiger charge is -2.23. The third-order valence-electron chi connectivity index (χ3n) is 2.48. The molecule has 1 unspecified atom stereocenters. The van der Waals surface area contributed by atoms with Gasteiger partial charge in [0.1, 0.15) is 11.2 Å². The molecule has 19 heavy (non-hydrogen) atoms. The molecule has 1 aromatic rings. The van der Waals surface area contributed by atoms with Crippen molar-refractivity contribution in [2.24, 2.45) is 0 Å². The van der Waals surface area contributed by atoms with Crippen LogP contribution >= 0.6 is 11.6 Å². The average Bonchev–Trinajstić information content (AvgIpc) is 2.35. The number of alkyl halides is 1. The summed E-state index contributed by atoms with van der Waals surface area (Å²) in [4.78, 5) is 23.1. The predicted molar refractivity (Wildman–Crippen MR) is 71.0 cm³/mol. The highest BCUT2D eigenvalue weighted by molar-refractivity contribution is 6.32. The van der Waals surface area contributed by atoms with Gasteiger partial charge in [-0.05, 0) is 19.4 Å². The molecule has 0 aromatic heterocycles. The van der Waals surface area contributed by atoms with Gasteiger partial charge in [0.05, 0.1) is 10.6 Å². The van der Waals surface area contributed by atoms with Gasteiger partial charge in [-0.2, -0.15) is 0 Å². The predicted octanol–water partition coefficient (Wildman–Crippen LogP) is 3.10. The molecule has 0 aliphatic rings. The summed E-state index contributed by atoms with van der Waals surface area (Å²) in [5.41, 5.74) is -0.388. The van der Waals surface area contributed by atoms with Crippen LogP contribution in [0.4, 0.5) is 15.8 Å².